The number of halogens is 1. The maximum Gasteiger partial charge on any atom is 0.319 e. The fourth-order valence-corrected chi connectivity index (χ4v) is 4.15. The standard InChI is InChI=1S/C21H18ClN3O3S/c1-3-28-20(27)12(2)29-21-24-17-15-6-4-5-7-16(15)23-18(17)19(26)25(21)14-10-8-13(22)9-11-14/h4-12,23H,3H2,1-2H3/t12-/m1/s1. The van der Waals surface area contributed by atoms with E-state index in [1.807, 2.05) is 24.3 Å². The first-order chi connectivity index (χ1) is 14.0. The number of fused-ring (bicyclic) bond motifs is 3. The van der Waals surface area contributed by atoms with Crippen molar-refractivity contribution in [3.63, 3.8) is 0 Å². The van der Waals surface area contributed by atoms with Gasteiger partial charge in [-0.25, -0.2) is 4.98 Å². The lowest BCUT2D eigenvalue weighted by atomic mass is 10.2. The molecule has 4 aromatic rings. The fourth-order valence-electron chi connectivity index (χ4n) is 3.11. The number of aromatic nitrogens is 3. The molecule has 0 saturated heterocycles. The summed E-state index contributed by atoms with van der Waals surface area (Å²) in [6.45, 7) is 3.79. The average molecular weight is 428 g/mol. The predicted molar refractivity (Wildman–Crippen MR) is 116 cm³/mol. The predicted octanol–water partition coefficient (Wildman–Crippen LogP) is 4.56. The lowest BCUT2D eigenvalue weighted by molar-refractivity contribution is -0.142. The van der Waals surface area contributed by atoms with Gasteiger partial charge in [-0.3, -0.25) is 14.2 Å². The summed E-state index contributed by atoms with van der Waals surface area (Å²) in [7, 11) is 0. The number of esters is 1. The molecule has 0 aliphatic rings. The maximum atomic E-state index is 13.4. The van der Waals surface area contributed by atoms with Crippen molar-refractivity contribution in [1.82, 2.24) is 14.5 Å². The Hall–Kier alpha value is -2.77. The molecule has 148 valence electrons. The van der Waals surface area contributed by atoms with E-state index in [2.05, 4.69) is 4.98 Å². The normalized spacial score (nSPS) is 12.4. The van der Waals surface area contributed by atoms with E-state index in [9.17, 15) is 9.59 Å². The van der Waals surface area contributed by atoms with Gasteiger partial charge in [-0.1, -0.05) is 41.6 Å². The quantitative estimate of drug-likeness (QED) is 0.287. The van der Waals surface area contributed by atoms with Crippen molar-refractivity contribution in [1.29, 1.82) is 0 Å². The summed E-state index contributed by atoms with van der Waals surface area (Å²) in [6, 6.07) is 14.5. The Balaban J connectivity index is 1.95. The molecule has 6 nitrogen and oxygen atoms in total. The number of benzene rings is 2. The first-order valence-corrected chi connectivity index (χ1v) is 10.4. The van der Waals surface area contributed by atoms with Gasteiger partial charge in [-0.2, -0.15) is 0 Å². The van der Waals surface area contributed by atoms with Gasteiger partial charge < -0.3 is 9.72 Å². The van der Waals surface area contributed by atoms with Gasteiger partial charge in [0.2, 0.25) is 0 Å². The number of carbonyl (C=O) groups is 1. The van der Waals surface area contributed by atoms with Crippen LogP contribution >= 0.6 is 23.4 Å². The molecule has 0 aliphatic heterocycles. The van der Waals surface area contributed by atoms with Crippen LogP contribution in [0, 0.1) is 0 Å². The maximum absolute atomic E-state index is 13.4. The highest BCUT2D eigenvalue weighted by molar-refractivity contribution is 8.00. The topological polar surface area (TPSA) is 77.0 Å². The van der Waals surface area contributed by atoms with Crippen molar-refractivity contribution < 1.29 is 9.53 Å². The van der Waals surface area contributed by atoms with Gasteiger partial charge >= 0.3 is 5.97 Å². The highest BCUT2D eigenvalue weighted by Crippen LogP contribution is 2.29. The molecular weight excluding hydrogens is 410 g/mol. The lowest BCUT2D eigenvalue weighted by Gasteiger charge is -2.15. The summed E-state index contributed by atoms with van der Waals surface area (Å²) < 4.78 is 6.61. The van der Waals surface area contributed by atoms with Crippen molar-refractivity contribution >= 4 is 51.3 Å². The van der Waals surface area contributed by atoms with Crippen LogP contribution in [0.15, 0.2) is 58.5 Å². The van der Waals surface area contributed by atoms with Gasteiger partial charge in [-0.15, -0.1) is 0 Å². The van der Waals surface area contributed by atoms with E-state index < -0.39 is 5.25 Å². The second-order valence-corrected chi connectivity index (χ2v) is 8.16. The summed E-state index contributed by atoms with van der Waals surface area (Å²) in [6.07, 6.45) is 0. The average Bonchev–Trinajstić information content (AvgIpc) is 3.08. The molecule has 0 amide bonds. The zero-order chi connectivity index (χ0) is 20.5. The minimum Gasteiger partial charge on any atom is -0.465 e. The molecule has 0 unspecified atom stereocenters. The summed E-state index contributed by atoms with van der Waals surface area (Å²) in [5, 5.41) is 1.31. The van der Waals surface area contributed by atoms with E-state index >= 15 is 0 Å². The Labute approximate surface area is 175 Å². The van der Waals surface area contributed by atoms with Gasteiger partial charge in [0.05, 0.1) is 12.3 Å². The number of hydrogen-bond acceptors (Lipinski definition) is 5. The summed E-state index contributed by atoms with van der Waals surface area (Å²) in [4.78, 5) is 33.5. The van der Waals surface area contributed by atoms with Crippen molar-refractivity contribution in [3.8, 4) is 5.69 Å². The Morgan fingerprint density at radius 3 is 2.69 bits per heavy atom. The van der Waals surface area contributed by atoms with Crippen LogP contribution < -0.4 is 5.56 Å². The number of carbonyl (C=O) groups excluding carboxylic acids is 1. The Morgan fingerprint density at radius 2 is 1.97 bits per heavy atom. The highest BCUT2D eigenvalue weighted by atomic mass is 35.5. The molecule has 8 heteroatoms. The second-order valence-electron chi connectivity index (χ2n) is 6.42. The van der Waals surface area contributed by atoms with E-state index in [0.29, 0.717) is 33.5 Å². The summed E-state index contributed by atoms with van der Waals surface area (Å²) in [5.41, 5.74) is 2.19. The van der Waals surface area contributed by atoms with Crippen LogP contribution in [0.2, 0.25) is 5.02 Å². The van der Waals surface area contributed by atoms with Crippen LogP contribution in [-0.2, 0) is 9.53 Å². The number of nitrogens with one attached hydrogen (secondary N) is 1. The van der Waals surface area contributed by atoms with Crippen LogP contribution in [0.1, 0.15) is 13.8 Å². The monoisotopic (exact) mass is 427 g/mol. The Bertz CT molecular complexity index is 1260. The third-order valence-corrected chi connectivity index (χ3v) is 5.76. The first-order valence-electron chi connectivity index (χ1n) is 9.12. The number of H-pyrrole nitrogens is 1. The number of para-hydroxylation sites is 1. The Kier molecular flexibility index (Phi) is 5.34. The van der Waals surface area contributed by atoms with Crippen molar-refractivity contribution in [2.75, 3.05) is 6.61 Å². The van der Waals surface area contributed by atoms with Crippen molar-refractivity contribution in [2.24, 2.45) is 0 Å². The molecule has 0 fully saturated rings. The van der Waals surface area contributed by atoms with E-state index in [1.54, 1.807) is 38.1 Å². The van der Waals surface area contributed by atoms with Crippen LogP contribution in [0.4, 0.5) is 0 Å². The number of rotatable bonds is 5. The molecule has 0 spiro atoms. The van der Waals surface area contributed by atoms with Gasteiger partial charge in [0.25, 0.3) is 5.56 Å². The molecule has 1 atom stereocenters. The molecular formula is C21H18ClN3O3S. The molecule has 0 bridgehead atoms. The third-order valence-electron chi connectivity index (χ3n) is 4.48. The Morgan fingerprint density at radius 1 is 1.24 bits per heavy atom. The van der Waals surface area contributed by atoms with Gasteiger partial charge in [0, 0.05) is 15.9 Å². The number of hydrogen-bond donors (Lipinski definition) is 1. The third kappa shape index (κ3) is 3.63. The molecule has 1 N–H and O–H groups in total. The zero-order valence-corrected chi connectivity index (χ0v) is 17.4. The number of aromatic amines is 1. The highest BCUT2D eigenvalue weighted by Gasteiger charge is 2.22. The SMILES string of the molecule is CCOC(=O)[C@@H](C)Sc1nc2c([nH]c3ccccc32)c(=O)n1-c1ccc(Cl)cc1. The van der Waals surface area contributed by atoms with Crippen LogP contribution in [0.25, 0.3) is 27.6 Å². The number of thioether (sulfide) groups is 1. The first kappa shape index (κ1) is 19.5. The molecule has 2 heterocycles. The van der Waals surface area contributed by atoms with E-state index in [1.165, 1.54) is 16.3 Å². The van der Waals surface area contributed by atoms with Crippen molar-refractivity contribution in [2.45, 2.75) is 24.3 Å². The summed E-state index contributed by atoms with van der Waals surface area (Å²) in [5.74, 6) is -0.353. The van der Waals surface area contributed by atoms with Crippen LogP contribution in [-0.4, -0.2) is 32.4 Å². The number of nitrogens with zero attached hydrogens (tertiary/aromatic N) is 2. The molecule has 2 aromatic carbocycles. The molecule has 4 rings (SSSR count). The van der Waals surface area contributed by atoms with Gasteiger partial charge in [0.15, 0.2) is 5.16 Å². The van der Waals surface area contributed by atoms with Gasteiger partial charge in [0.1, 0.15) is 16.3 Å². The zero-order valence-electron chi connectivity index (χ0n) is 15.8. The molecule has 0 aliphatic carbocycles. The molecule has 0 saturated carbocycles. The van der Waals surface area contributed by atoms with Crippen LogP contribution in [0.5, 0.6) is 0 Å². The largest absolute Gasteiger partial charge is 0.465 e. The molecule has 29 heavy (non-hydrogen) atoms. The van der Waals surface area contributed by atoms with Gasteiger partial charge in [-0.05, 0) is 44.2 Å². The molecule has 2 aromatic heterocycles. The minimum atomic E-state index is -0.525. The number of ether oxygens (including phenoxy) is 1. The second kappa shape index (κ2) is 7.93. The molecule has 0 radical (unpaired) electrons. The van der Waals surface area contributed by atoms with E-state index in [4.69, 9.17) is 21.3 Å². The van der Waals surface area contributed by atoms with Crippen molar-refractivity contribution in [3.05, 3.63) is 63.9 Å². The van der Waals surface area contributed by atoms with E-state index in [-0.39, 0.29) is 11.5 Å². The van der Waals surface area contributed by atoms with Crippen LogP contribution in [0.3, 0.4) is 0 Å². The van der Waals surface area contributed by atoms with E-state index in [0.717, 1.165) is 10.9 Å². The fraction of sp³-hybridized carbons (Fsp3) is 0.190. The summed E-state index contributed by atoms with van der Waals surface area (Å²) >= 11 is 7.20. The lowest BCUT2D eigenvalue weighted by Crippen LogP contribution is -2.24. The minimum absolute atomic E-state index is 0.243. The smallest absolute Gasteiger partial charge is 0.319 e.